The smallest absolute Gasteiger partial charge is 0.262 e. The second-order valence-electron chi connectivity index (χ2n) is 5.94. The van der Waals surface area contributed by atoms with Gasteiger partial charge in [0, 0.05) is 17.0 Å². The second kappa shape index (κ2) is 6.57. The van der Waals surface area contributed by atoms with Gasteiger partial charge in [-0.25, -0.2) is 0 Å². The molecule has 0 saturated heterocycles. The molecule has 1 aromatic carbocycles. The van der Waals surface area contributed by atoms with E-state index in [4.69, 9.17) is 0 Å². The van der Waals surface area contributed by atoms with Gasteiger partial charge in [-0.2, -0.15) is 0 Å². The minimum absolute atomic E-state index is 0.171. The number of rotatable bonds is 2. The first-order valence-electron chi connectivity index (χ1n) is 7.74. The highest BCUT2D eigenvalue weighted by molar-refractivity contribution is 8.04. The zero-order valence-electron chi connectivity index (χ0n) is 12.6. The summed E-state index contributed by atoms with van der Waals surface area (Å²) in [5.74, 6) is 0.121. The van der Waals surface area contributed by atoms with Gasteiger partial charge in [-0.3, -0.25) is 9.59 Å². The molecule has 22 heavy (non-hydrogen) atoms. The minimum atomic E-state index is -0.212. The Bertz CT molecular complexity index is 627. The Morgan fingerprint density at radius 1 is 1.32 bits per heavy atom. The van der Waals surface area contributed by atoms with Crippen molar-refractivity contribution in [3.63, 3.8) is 0 Å². The second-order valence-corrected chi connectivity index (χ2v) is 7.02. The highest BCUT2D eigenvalue weighted by Gasteiger charge is 2.24. The maximum absolute atomic E-state index is 12.2. The molecule has 2 atom stereocenters. The molecule has 2 N–H and O–H groups in total. The van der Waals surface area contributed by atoms with E-state index >= 15 is 0 Å². The summed E-state index contributed by atoms with van der Waals surface area (Å²) in [5.41, 5.74) is 0.802. The van der Waals surface area contributed by atoms with Crippen LogP contribution >= 0.6 is 11.8 Å². The van der Waals surface area contributed by atoms with Gasteiger partial charge in [0.15, 0.2) is 0 Å². The van der Waals surface area contributed by atoms with Crippen LogP contribution in [0.4, 0.5) is 5.69 Å². The Balaban J connectivity index is 1.69. The molecule has 0 spiro atoms. The number of nitrogens with one attached hydrogen (secondary N) is 2. The number of anilines is 1. The van der Waals surface area contributed by atoms with Gasteiger partial charge in [0.1, 0.15) is 0 Å². The SMILES string of the molecule is C[C@@H]1CCCC[C@@H]1NC(=O)/C=C1\Sc2ccccc2NC1=O. The van der Waals surface area contributed by atoms with Crippen molar-refractivity contribution >= 4 is 29.3 Å². The molecule has 1 fully saturated rings. The van der Waals surface area contributed by atoms with Crippen LogP contribution in [-0.2, 0) is 9.59 Å². The van der Waals surface area contributed by atoms with Crippen molar-refractivity contribution in [3.05, 3.63) is 35.2 Å². The lowest BCUT2D eigenvalue weighted by atomic mass is 9.86. The van der Waals surface area contributed by atoms with Crippen LogP contribution in [0.1, 0.15) is 32.6 Å². The Morgan fingerprint density at radius 3 is 2.91 bits per heavy atom. The standard InChI is InChI=1S/C17H20N2O2S/c1-11-6-2-3-7-12(11)18-16(20)10-15-17(21)19-13-8-4-5-9-14(13)22-15/h4-5,8-12H,2-3,6-7H2,1H3,(H,18,20)(H,19,21)/b15-10-/t11-,12+/m1/s1. The van der Waals surface area contributed by atoms with Gasteiger partial charge in [0.05, 0.1) is 10.6 Å². The molecule has 1 aliphatic heterocycles. The summed E-state index contributed by atoms with van der Waals surface area (Å²) in [5, 5.41) is 5.87. The van der Waals surface area contributed by atoms with E-state index in [-0.39, 0.29) is 17.9 Å². The van der Waals surface area contributed by atoms with Gasteiger partial charge in [-0.1, -0.05) is 43.7 Å². The van der Waals surface area contributed by atoms with Crippen LogP contribution < -0.4 is 10.6 Å². The van der Waals surface area contributed by atoms with Crippen LogP contribution in [0.25, 0.3) is 0 Å². The quantitative estimate of drug-likeness (QED) is 0.823. The summed E-state index contributed by atoms with van der Waals surface area (Å²) in [4.78, 5) is 25.7. The Morgan fingerprint density at radius 2 is 2.09 bits per heavy atom. The molecule has 2 aliphatic rings. The fraction of sp³-hybridized carbons (Fsp3) is 0.412. The molecule has 0 aromatic heterocycles. The molecule has 1 aromatic rings. The first-order chi connectivity index (χ1) is 10.6. The number of para-hydroxylation sites is 1. The van der Waals surface area contributed by atoms with Gasteiger partial charge in [-0.15, -0.1) is 0 Å². The topological polar surface area (TPSA) is 58.2 Å². The molecule has 0 bridgehead atoms. The van der Waals surface area contributed by atoms with Crippen molar-refractivity contribution in [2.45, 2.75) is 43.5 Å². The van der Waals surface area contributed by atoms with Crippen LogP contribution in [0.5, 0.6) is 0 Å². The molecular formula is C17H20N2O2S. The maximum Gasteiger partial charge on any atom is 0.262 e. The zero-order valence-corrected chi connectivity index (χ0v) is 13.4. The number of amides is 2. The van der Waals surface area contributed by atoms with Gasteiger partial charge in [0.2, 0.25) is 5.91 Å². The monoisotopic (exact) mass is 316 g/mol. The number of benzene rings is 1. The molecule has 1 heterocycles. The van der Waals surface area contributed by atoms with Crippen LogP contribution in [0.2, 0.25) is 0 Å². The third-order valence-electron chi connectivity index (χ3n) is 4.28. The lowest BCUT2D eigenvalue weighted by Gasteiger charge is -2.29. The molecule has 1 aliphatic carbocycles. The lowest BCUT2D eigenvalue weighted by Crippen LogP contribution is -2.40. The normalized spacial score (nSPS) is 26.2. The van der Waals surface area contributed by atoms with E-state index in [1.165, 1.54) is 24.3 Å². The molecule has 5 heteroatoms. The highest BCUT2D eigenvalue weighted by atomic mass is 32.2. The number of thioether (sulfide) groups is 1. The van der Waals surface area contributed by atoms with Gasteiger partial charge in [-0.05, 0) is 30.9 Å². The zero-order chi connectivity index (χ0) is 15.5. The Kier molecular flexibility index (Phi) is 4.52. The van der Waals surface area contributed by atoms with Crippen LogP contribution in [0.3, 0.4) is 0 Å². The summed E-state index contributed by atoms with van der Waals surface area (Å²) in [6, 6.07) is 7.83. The van der Waals surface area contributed by atoms with E-state index in [2.05, 4.69) is 17.6 Å². The summed E-state index contributed by atoms with van der Waals surface area (Å²) in [6.07, 6.45) is 6.01. The van der Waals surface area contributed by atoms with E-state index in [0.29, 0.717) is 10.8 Å². The number of hydrogen-bond acceptors (Lipinski definition) is 3. The minimum Gasteiger partial charge on any atom is -0.350 e. The van der Waals surface area contributed by atoms with Crippen molar-refractivity contribution in [3.8, 4) is 0 Å². The van der Waals surface area contributed by atoms with Gasteiger partial charge < -0.3 is 10.6 Å². The largest absolute Gasteiger partial charge is 0.350 e. The fourth-order valence-electron chi connectivity index (χ4n) is 2.98. The summed E-state index contributed by atoms with van der Waals surface area (Å²) >= 11 is 1.34. The molecule has 4 nitrogen and oxygen atoms in total. The number of hydrogen-bond donors (Lipinski definition) is 2. The third kappa shape index (κ3) is 3.35. The van der Waals surface area contributed by atoms with E-state index in [0.717, 1.165) is 29.8 Å². The maximum atomic E-state index is 12.2. The summed E-state index contributed by atoms with van der Waals surface area (Å²) in [6.45, 7) is 2.18. The molecule has 0 unspecified atom stereocenters. The molecule has 116 valence electrons. The van der Waals surface area contributed by atoms with Crippen molar-refractivity contribution < 1.29 is 9.59 Å². The molecular weight excluding hydrogens is 296 g/mol. The molecule has 1 saturated carbocycles. The average Bonchev–Trinajstić information content (AvgIpc) is 2.50. The number of carbonyl (C=O) groups is 2. The van der Waals surface area contributed by atoms with E-state index in [9.17, 15) is 9.59 Å². The lowest BCUT2D eigenvalue weighted by molar-refractivity contribution is -0.118. The molecule has 2 amide bonds. The van der Waals surface area contributed by atoms with Crippen molar-refractivity contribution in [1.29, 1.82) is 0 Å². The third-order valence-corrected chi connectivity index (χ3v) is 5.38. The first-order valence-corrected chi connectivity index (χ1v) is 8.55. The highest BCUT2D eigenvalue weighted by Crippen LogP contribution is 2.37. The van der Waals surface area contributed by atoms with Gasteiger partial charge >= 0.3 is 0 Å². The van der Waals surface area contributed by atoms with Crippen molar-refractivity contribution in [2.24, 2.45) is 5.92 Å². The van der Waals surface area contributed by atoms with Crippen LogP contribution in [-0.4, -0.2) is 17.9 Å². The fourth-order valence-corrected chi connectivity index (χ4v) is 3.90. The predicted molar refractivity (Wildman–Crippen MR) is 88.6 cm³/mol. The van der Waals surface area contributed by atoms with Crippen LogP contribution in [0.15, 0.2) is 40.1 Å². The van der Waals surface area contributed by atoms with E-state index in [1.807, 2.05) is 24.3 Å². The van der Waals surface area contributed by atoms with Crippen molar-refractivity contribution in [1.82, 2.24) is 5.32 Å². The van der Waals surface area contributed by atoms with Crippen LogP contribution in [0, 0.1) is 5.92 Å². The van der Waals surface area contributed by atoms with E-state index in [1.54, 1.807) is 0 Å². The Labute approximate surface area is 134 Å². The number of carbonyl (C=O) groups excluding carboxylic acids is 2. The van der Waals surface area contributed by atoms with E-state index < -0.39 is 0 Å². The predicted octanol–water partition coefficient (Wildman–Crippen LogP) is 3.31. The number of fused-ring (bicyclic) bond motifs is 1. The average molecular weight is 316 g/mol. The summed E-state index contributed by atoms with van der Waals surface area (Å²) in [7, 11) is 0. The first kappa shape index (κ1) is 15.2. The molecule has 3 rings (SSSR count). The van der Waals surface area contributed by atoms with Gasteiger partial charge in [0.25, 0.3) is 5.91 Å². The summed E-state index contributed by atoms with van der Waals surface area (Å²) < 4.78 is 0. The Hall–Kier alpha value is -1.75. The molecule has 0 radical (unpaired) electrons. The van der Waals surface area contributed by atoms with Crippen molar-refractivity contribution in [2.75, 3.05) is 5.32 Å².